The quantitative estimate of drug-likeness (QED) is 0.507. The molecule has 23 heavy (non-hydrogen) atoms. The van der Waals surface area contributed by atoms with Crippen LogP contribution in [0.15, 0.2) is 0 Å². The van der Waals surface area contributed by atoms with Gasteiger partial charge in [0.15, 0.2) is 0 Å². The Morgan fingerprint density at radius 2 is 1.30 bits per heavy atom. The normalized spacial score (nSPS) is 25.8. The molecule has 2 aliphatic rings. The molecule has 2 fully saturated rings. The van der Waals surface area contributed by atoms with E-state index in [0.29, 0.717) is 0 Å². The Kier molecular flexibility index (Phi) is 7.50. The molecule has 132 valence electrons. The summed E-state index contributed by atoms with van der Waals surface area (Å²) in [4.78, 5) is 29.2. The summed E-state index contributed by atoms with van der Waals surface area (Å²) in [6, 6.07) is -0.424. The van der Waals surface area contributed by atoms with Crippen LogP contribution in [0.5, 0.6) is 0 Å². The predicted molar refractivity (Wildman–Crippen MR) is 90.1 cm³/mol. The first kappa shape index (κ1) is 18.4. The van der Waals surface area contributed by atoms with Crippen molar-refractivity contribution in [3.8, 4) is 0 Å². The smallest absolute Gasteiger partial charge is 0.331 e. The molecule has 0 aromatic rings. The molecule has 0 spiro atoms. The van der Waals surface area contributed by atoms with Gasteiger partial charge in [-0.1, -0.05) is 26.7 Å². The van der Waals surface area contributed by atoms with Crippen molar-refractivity contribution in [3.63, 3.8) is 0 Å². The van der Waals surface area contributed by atoms with Crippen LogP contribution in [-0.4, -0.2) is 60.0 Å². The van der Waals surface area contributed by atoms with Gasteiger partial charge in [-0.25, -0.2) is 9.59 Å². The predicted octanol–water partition coefficient (Wildman–Crippen LogP) is 2.59. The lowest BCUT2D eigenvalue weighted by molar-refractivity contribution is -0.166. The molecule has 2 aliphatic heterocycles. The molecule has 5 nitrogen and oxygen atoms in total. The van der Waals surface area contributed by atoms with Gasteiger partial charge in [0.2, 0.25) is 0 Å². The Balaban J connectivity index is 1.85. The van der Waals surface area contributed by atoms with Gasteiger partial charge < -0.3 is 4.74 Å². The second-order valence-electron chi connectivity index (χ2n) is 6.84. The van der Waals surface area contributed by atoms with Gasteiger partial charge in [0.1, 0.15) is 12.1 Å². The zero-order chi connectivity index (χ0) is 16.7. The third-order valence-electron chi connectivity index (χ3n) is 5.07. The molecule has 2 saturated heterocycles. The third-order valence-corrected chi connectivity index (χ3v) is 5.07. The first-order chi connectivity index (χ1) is 11.2. The number of carbonyl (C=O) groups is 2. The second-order valence-corrected chi connectivity index (χ2v) is 6.84. The van der Waals surface area contributed by atoms with Crippen molar-refractivity contribution in [1.82, 2.24) is 9.80 Å². The van der Waals surface area contributed by atoms with Crippen LogP contribution in [-0.2, 0) is 14.3 Å². The number of ether oxygens (including phenoxy) is 1. The highest BCUT2D eigenvalue weighted by molar-refractivity contribution is 5.91. The van der Waals surface area contributed by atoms with Crippen LogP contribution < -0.4 is 0 Å². The van der Waals surface area contributed by atoms with Crippen LogP contribution >= 0.6 is 0 Å². The van der Waals surface area contributed by atoms with Crippen LogP contribution in [0, 0.1) is 0 Å². The fraction of sp³-hybridized carbons (Fsp3) is 0.889. The van der Waals surface area contributed by atoms with Gasteiger partial charge in [-0.2, -0.15) is 0 Å². The highest BCUT2D eigenvalue weighted by Gasteiger charge is 2.37. The average molecular weight is 324 g/mol. The first-order valence-corrected chi connectivity index (χ1v) is 9.41. The summed E-state index contributed by atoms with van der Waals surface area (Å²) in [6.07, 6.45) is 8.08. The monoisotopic (exact) mass is 324 g/mol. The second kappa shape index (κ2) is 9.38. The maximum atomic E-state index is 12.4. The van der Waals surface area contributed by atoms with Gasteiger partial charge in [-0.05, 0) is 64.7 Å². The summed E-state index contributed by atoms with van der Waals surface area (Å²) < 4.78 is 5.28. The molecule has 2 heterocycles. The number of hydrogen-bond donors (Lipinski definition) is 0. The van der Waals surface area contributed by atoms with E-state index >= 15 is 0 Å². The highest BCUT2D eigenvalue weighted by Crippen LogP contribution is 2.22. The molecule has 0 saturated carbocycles. The van der Waals surface area contributed by atoms with Crippen LogP contribution in [0.4, 0.5) is 0 Å². The lowest BCUT2D eigenvalue weighted by Gasteiger charge is -2.25. The van der Waals surface area contributed by atoms with E-state index < -0.39 is 0 Å². The first-order valence-electron chi connectivity index (χ1n) is 9.41. The fourth-order valence-corrected chi connectivity index (χ4v) is 3.68. The summed E-state index contributed by atoms with van der Waals surface area (Å²) in [5, 5.41) is 0. The van der Waals surface area contributed by atoms with Crippen molar-refractivity contribution in [2.24, 2.45) is 0 Å². The van der Waals surface area contributed by atoms with Gasteiger partial charge in [0.25, 0.3) is 0 Å². The van der Waals surface area contributed by atoms with Crippen molar-refractivity contribution >= 4 is 11.9 Å². The maximum absolute atomic E-state index is 12.4. The van der Waals surface area contributed by atoms with E-state index in [1.807, 2.05) is 0 Å². The van der Waals surface area contributed by atoms with Crippen molar-refractivity contribution < 1.29 is 14.3 Å². The molecule has 0 aromatic heterocycles. The summed E-state index contributed by atoms with van der Waals surface area (Å²) >= 11 is 0. The fourth-order valence-electron chi connectivity index (χ4n) is 3.68. The molecule has 0 amide bonds. The van der Waals surface area contributed by atoms with Gasteiger partial charge in [0.05, 0.1) is 0 Å². The van der Waals surface area contributed by atoms with E-state index in [4.69, 9.17) is 4.74 Å². The minimum atomic E-state index is -0.328. The number of nitrogens with zero attached hydrogens (tertiary/aromatic N) is 2. The van der Waals surface area contributed by atoms with Crippen LogP contribution in [0.2, 0.25) is 0 Å². The molecule has 0 radical (unpaired) electrons. The van der Waals surface area contributed by atoms with Crippen molar-refractivity contribution in [2.45, 2.75) is 77.3 Å². The molecule has 0 aromatic carbocycles. The largest absolute Gasteiger partial charge is 0.391 e. The summed E-state index contributed by atoms with van der Waals surface area (Å²) in [7, 11) is 0. The molecule has 0 unspecified atom stereocenters. The summed E-state index contributed by atoms with van der Waals surface area (Å²) in [6.45, 7) is 8.04. The minimum absolute atomic E-state index is 0.212. The number of carbonyl (C=O) groups excluding carboxylic acids is 2. The Labute approximate surface area is 140 Å². The number of rotatable bonds is 8. The number of likely N-dealkylation sites (tertiary alicyclic amines) is 2. The van der Waals surface area contributed by atoms with E-state index in [1.54, 1.807) is 0 Å². The zero-order valence-electron chi connectivity index (χ0n) is 14.8. The lowest BCUT2D eigenvalue weighted by Crippen LogP contribution is -2.43. The van der Waals surface area contributed by atoms with E-state index in [2.05, 4.69) is 23.6 Å². The van der Waals surface area contributed by atoms with E-state index in [1.165, 1.54) is 0 Å². The van der Waals surface area contributed by atoms with Crippen molar-refractivity contribution in [3.05, 3.63) is 0 Å². The van der Waals surface area contributed by atoms with E-state index in [-0.39, 0.29) is 24.0 Å². The molecule has 2 atom stereocenters. The molecule has 2 rings (SSSR count). The van der Waals surface area contributed by atoms with Crippen molar-refractivity contribution in [2.75, 3.05) is 26.2 Å². The zero-order valence-corrected chi connectivity index (χ0v) is 14.8. The summed E-state index contributed by atoms with van der Waals surface area (Å²) in [5.74, 6) is -0.656. The Hall–Kier alpha value is -0.940. The Bertz CT molecular complexity index is 364. The standard InChI is InChI=1S/C18H32N2O3/c1-3-5-11-19-13-7-9-15(19)17(21)23-18(22)16-10-8-14-20(16)12-6-4-2/h15-16H,3-14H2,1-2H3/t15-,16-/m0/s1. The summed E-state index contributed by atoms with van der Waals surface area (Å²) in [5.41, 5.74) is 0. The lowest BCUT2D eigenvalue weighted by atomic mass is 10.2. The average Bonchev–Trinajstić information content (AvgIpc) is 3.19. The van der Waals surface area contributed by atoms with Gasteiger partial charge >= 0.3 is 11.9 Å². The SMILES string of the molecule is CCCCN1CCC[C@H]1C(=O)OC(=O)[C@@H]1CCCN1CCCC. The Morgan fingerprint density at radius 3 is 1.70 bits per heavy atom. The molecule has 0 bridgehead atoms. The maximum Gasteiger partial charge on any atom is 0.331 e. The number of unbranched alkanes of at least 4 members (excludes halogenated alkanes) is 2. The van der Waals surface area contributed by atoms with E-state index in [9.17, 15) is 9.59 Å². The minimum Gasteiger partial charge on any atom is -0.391 e. The topological polar surface area (TPSA) is 49.9 Å². The molecule has 5 heteroatoms. The Morgan fingerprint density at radius 1 is 0.870 bits per heavy atom. The van der Waals surface area contributed by atoms with Crippen molar-refractivity contribution in [1.29, 1.82) is 0 Å². The third kappa shape index (κ3) is 5.01. The number of hydrogen-bond acceptors (Lipinski definition) is 5. The van der Waals surface area contributed by atoms with Gasteiger partial charge in [-0.15, -0.1) is 0 Å². The van der Waals surface area contributed by atoms with Crippen LogP contribution in [0.3, 0.4) is 0 Å². The van der Waals surface area contributed by atoms with Crippen LogP contribution in [0.1, 0.15) is 65.2 Å². The van der Waals surface area contributed by atoms with Gasteiger partial charge in [0, 0.05) is 0 Å². The molecular formula is C18H32N2O3. The van der Waals surface area contributed by atoms with E-state index in [0.717, 1.165) is 77.5 Å². The van der Waals surface area contributed by atoms with Gasteiger partial charge in [-0.3, -0.25) is 9.80 Å². The molecular weight excluding hydrogens is 292 g/mol. The molecule has 0 aliphatic carbocycles. The highest BCUT2D eigenvalue weighted by atomic mass is 16.6. The number of esters is 2. The molecule has 0 N–H and O–H groups in total. The van der Waals surface area contributed by atoms with Crippen LogP contribution in [0.25, 0.3) is 0 Å².